The highest BCUT2D eigenvalue weighted by molar-refractivity contribution is 5.67. The molecule has 0 unspecified atom stereocenters. The van der Waals surface area contributed by atoms with E-state index < -0.39 is 5.97 Å². The van der Waals surface area contributed by atoms with Gasteiger partial charge in [-0.3, -0.25) is 4.79 Å². The molecule has 0 heterocycles. The van der Waals surface area contributed by atoms with E-state index in [9.17, 15) is 4.79 Å². The molecule has 0 aliphatic heterocycles. The van der Waals surface area contributed by atoms with Crippen molar-refractivity contribution >= 4 is 5.97 Å². The largest absolute Gasteiger partial charge is 0.481 e. The lowest BCUT2D eigenvalue weighted by atomic mass is 9.84. The summed E-state index contributed by atoms with van der Waals surface area (Å²) in [6.07, 6.45) is 7.72. The Hall–Kier alpha value is -0.570. The number of carboxylic acids is 1. The lowest BCUT2D eigenvalue weighted by molar-refractivity contribution is -0.138. The summed E-state index contributed by atoms with van der Waals surface area (Å²) < 4.78 is 0. The van der Waals surface area contributed by atoms with Crippen LogP contribution in [-0.4, -0.2) is 17.6 Å². The van der Waals surface area contributed by atoms with Crippen LogP contribution in [0.25, 0.3) is 0 Å². The Labute approximate surface area is 85.7 Å². The molecule has 82 valence electrons. The van der Waals surface area contributed by atoms with Gasteiger partial charge in [0, 0.05) is 6.42 Å². The standard InChI is InChI=1S/C11H21NO2/c12-8-10(7-11(13)14)9-5-3-1-2-4-6-9/h9-10H,1-8,12H2,(H,13,14)/t10-/m0/s1. The fourth-order valence-electron chi connectivity index (χ4n) is 2.45. The van der Waals surface area contributed by atoms with Crippen molar-refractivity contribution in [2.75, 3.05) is 6.54 Å². The van der Waals surface area contributed by atoms with Crippen molar-refractivity contribution in [1.82, 2.24) is 0 Å². The molecule has 0 aromatic rings. The van der Waals surface area contributed by atoms with E-state index in [4.69, 9.17) is 10.8 Å². The van der Waals surface area contributed by atoms with Gasteiger partial charge in [0.1, 0.15) is 0 Å². The second-order valence-corrected chi connectivity index (χ2v) is 4.35. The minimum Gasteiger partial charge on any atom is -0.481 e. The third-order valence-corrected chi connectivity index (χ3v) is 3.31. The molecule has 3 heteroatoms. The van der Waals surface area contributed by atoms with Crippen molar-refractivity contribution in [2.45, 2.75) is 44.9 Å². The van der Waals surface area contributed by atoms with Crippen LogP contribution in [0.15, 0.2) is 0 Å². The first-order chi connectivity index (χ1) is 6.74. The Morgan fingerprint density at radius 2 is 1.86 bits per heavy atom. The van der Waals surface area contributed by atoms with Crippen LogP contribution < -0.4 is 5.73 Å². The molecule has 3 N–H and O–H groups in total. The predicted molar refractivity (Wildman–Crippen MR) is 56.0 cm³/mol. The van der Waals surface area contributed by atoms with Crippen LogP contribution in [-0.2, 0) is 4.79 Å². The number of hydrogen-bond acceptors (Lipinski definition) is 2. The molecular formula is C11H21NO2. The topological polar surface area (TPSA) is 63.3 Å². The molecule has 1 rings (SSSR count). The van der Waals surface area contributed by atoms with E-state index in [0.717, 1.165) is 0 Å². The maximum atomic E-state index is 10.6. The summed E-state index contributed by atoms with van der Waals surface area (Å²) in [5.74, 6) is 0.0499. The molecule has 0 aromatic carbocycles. The van der Waals surface area contributed by atoms with Crippen molar-refractivity contribution in [3.8, 4) is 0 Å². The van der Waals surface area contributed by atoms with Gasteiger partial charge in [0.05, 0.1) is 0 Å². The zero-order valence-corrected chi connectivity index (χ0v) is 8.74. The molecule has 0 saturated heterocycles. The first-order valence-corrected chi connectivity index (χ1v) is 5.66. The molecule has 0 amide bonds. The van der Waals surface area contributed by atoms with Crippen LogP contribution in [0.4, 0.5) is 0 Å². The van der Waals surface area contributed by atoms with Crippen molar-refractivity contribution < 1.29 is 9.90 Å². The highest BCUT2D eigenvalue weighted by Gasteiger charge is 2.23. The first kappa shape index (κ1) is 11.5. The van der Waals surface area contributed by atoms with Gasteiger partial charge in [-0.25, -0.2) is 0 Å². The number of carboxylic acid groups (broad SMARTS) is 1. The normalized spacial score (nSPS) is 21.5. The van der Waals surface area contributed by atoms with E-state index in [1.807, 2.05) is 0 Å². The smallest absolute Gasteiger partial charge is 0.303 e. The summed E-state index contributed by atoms with van der Waals surface area (Å²) >= 11 is 0. The van der Waals surface area contributed by atoms with Crippen molar-refractivity contribution in [3.05, 3.63) is 0 Å². The van der Waals surface area contributed by atoms with E-state index in [1.165, 1.54) is 38.5 Å². The first-order valence-electron chi connectivity index (χ1n) is 5.66. The summed E-state index contributed by atoms with van der Waals surface area (Å²) in [6.45, 7) is 0.525. The summed E-state index contributed by atoms with van der Waals surface area (Å²) in [5.41, 5.74) is 5.64. The number of hydrogen-bond donors (Lipinski definition) is 2. The summed E-state index contributed by atoms with van der Waals surface area (Å²) in [5, 5.41) is 8.76. The molecule has 0 bridgehead atoms. The van der Waals surface area contributed by atoms with Gasteiger partial charge in [0.15, 0.2) is 0 Å². The van der Waals surface area contributed by atoms with Crippen molar-refractivity contribution in [2.24, 2.45) is 17.6 Å². The van der Waals surface area contributed by atoms with Gasteiger partial charge < -0.3 is 10.8 Å². The van der Waals surface area contributed by atoms with E-state index in [2.05, 4.69) is 0 Å². The monoisotopic (exact) mass is 199 g/mol. The Balaban J connectivity index is 2.44. The molecule has 1 aliphatic rings. The third-order valence-electron chi connectivity index (χ3n) is 3.31. The molecule has 0 spiro atoms. The van der Waals surface area contributed by atoms with Crippen LogP contribution in [0.1, 0.15) is 44.9 Å². The van der Waals surface area contributed by atoms with Crippen LogP contribution in [0, 0.1) is 11.8 Å². The van der Waals surface area contributed by atoms with Gasteiger partial charge in [-0.2, -0.15) is 0 Å². The molecule has 3 nitrogen and oxygen atoms in total. The number of nitrogens with two attached hydrogens (primary N) is 1. The molecule has 1 aliphatic carbocycles. The fraction of sp³-hybridized carbons (Fsp3) is 0.909. The minimum atomic E-state index is -0.704. The van der Waals surface area contributed by atoms with Crippen LogP contribution >= 0.6 is 0 Å². The maximum absolute atomic E-state index is 10.6. The van der Waals surface area contributed by atoms with Gasteiger partial charge >= 0.3 is 5.97 Å². The Morgan fingerprint density at radius 3 is 2.29 bits per heavy atom. The summed E-state index contributed by atoms with van der Waals surface area (Å²) in [4.78, 5) is 10.6. The Kier molecular flexibility index (Phi) is 4.94. The highest BCUT2D eigenvalue weighted by atomic mass is 16.4. The third kappa shape index (κ3) is 3.66. The lowest BCUT2D eigenvalue weighted by Crippen LogP contribution is -2.25. The molecule has 1 atom stereocenters. The van der Waals surface area contributed by atoms with Crippen molar-refractivity contribution in [3.63, 3.8) is 0 Å². The van der Waals surface area contributed by atoms with Gasteiger partial charge in [-0.05, 0) is 18.4 Å². The molecule has 0 aromatic heterocycles. The quantitative estimate of drug-likeness (QED) is 0.681. The van der Waals surface area contributed by atoms with Gasteiger partial charge in [0.25, 0.3) is 0 Å². The fourth-order valence-corrected chi connectivity index (χ4v) is 2.45. The molecule has 0 radical (unpaired) electrons. The van der Waals surface area contributed by atoms with E-state index in [-0.39, 0.29) is 12.3 Å². The average Bonchev–Trinajstić information content (AvgIpc) is 2.41. The predicted octanol–water partition coefficient (Wildman–Crippen LogP) is 2.01. The molecule has 14 heavy (non-hydrogen) atoms. The van der Waals surface area contributed by atoms with Crippen molar-refractivity contribution in [1.29, 1.82) is 0 Å². The van der Waals surface area contributed by atoms with Crippen LogP contribution in [0.3, 0.4) is 0 Å². The summed E-state index contributed by atoms with van der Waals surface area (Å²) in [6, 6.07) is 0. The van der Waals surface area contributed by atoms with E-state index in [0.29, 0.717) is 12.5 Å². The zero-order chi connectivity index (χ0) is 10.4. The highest BCUT2D eigenvalue weighted by Crippen LogP contribution is 2.30. The summed E-state index contributed by atoms with van der Waals surface area (Å²) in [7, 11) is 0. The van der Waals surface area contributed by atoms with Gasteiger partial charge in [-0.1, -0.05) is 38.5 Å². The SMILES string of the molecule is NC[C@H](CC(=O)O)C1CCCCCC1. The number of carbonyl (C=O) groups is 1. The van der Waals surface area contributed by atoms with Gasteiger partial charge in [-0.15, -0.1) is 0 Å². The van der Waals surface area contributed by atoms with E-state index >= 15 is 0 Å². The molecule has 1 fully saturated rings. The van der Waals surface area contributed by atoms with Gasteiger partial charge in [0.2, 0.25) is 0 Å². The molecule has 1 saturated carbocycles. The lowest BCUT2D eigenvalue weighted by Gasteiger charge is -2.23. The second-order valence-electron chi connectivity index (χ2n) is 4.35. The number of aliphatic carboxylic acids is 1. The number of rotatable bonds is 4. The molecular weight excluding hydrogens is 178 g/mol. The zero-order valence-electron chi connectivity index (χ0n) is 8.74. The Morgan fingerprint density at radius 1 is 1.29 bits per heavy atom. The Bertz CT molecular complexity index is 174. The average molecular weight is 199 g/mol. The maximum Gasteiger partial charge on any atom is 0.303 e. The van der Waals surface area contributed by atoms with E-state index in [1.54, 1.807) is 0 Å². The second kappa shape index (κ2) is 6.02. The van der Waals surface area contributed by atoms with Crippen LogP contribution in [0.2, 0.25) is 0 Å². The minimum absolute atomic E-state index is 0.200. The van der Waals surface area contributed by atoms with Crippen LogP contribution in [0.5, 0.6) is 0 Å².